The molecule has 0 fully saturated rings. The van der Waals surface area contributed by atoms with Crippen LogP contribution in [0.1, 0.15) is 48.0 Å². The van der Waals surface area contributed by atoms with Gasteiger partial charge in [0.15, 0.2) is 15.8 Å². The topological polar surface area (TPSA) is 79.8 Å². The predicted octanol–water partition coefficient (Wildman–Crippen LogP) is 2.43. The van der Waals surface area contributed by atoms with E-state index >= 15 is 0 Å². The number of halogens is 1. The van der Waals surface area contributed by atoms with Crippen LogP contribution in [-0.2, 0) is 14.6 Å². The predicted molar refractivity (Wildman–Crippen MR) is 113 cm³/mol. The van der Waals surface area contributed by atoms with Gasteiger partial charge in [0.25, 0.3) is 0 Å². The summed E-state index contributed by atoms with van der Waals surface area (Å²) in [7, 11) is -1.44. The molecule has 0 saturated carbocycles. The standard InChI is InChI=1S/C16H35N3O3S.HI/c1-8-22-14(13(2)3)9-10-18-15(17-7)19-11-12-23(20,21)16(4,5)6;/h13-14H,8-12H2,1-7H3,(H2,17,18,19);1H. The van der Waals surface area contributed by atoms with Gasteiger partial charge in [-0.05, 0) is 40.0 Å². The van der Waals surface area contributed by atoms with Crippen LogP contribution in [0.5, 0.6) is 0 Å². The Morgan fingerprint density at radius 3 is 2.12 bits per heavy atom. The molecular weight excluding hydrogens is 441 g/mol. The van der Waals surface area contributed by atoms with E-state index in [-0.39, 0.29) is 35.8 Å². The molecule has 1 unspecified atom stereocenters. The van der Waals surface area contributed by atoms with Gasteiger partial charge >= 0.3 is 0 Å². The molecule has 0 rings (SSSR count). The fourth-order valence-electron chi connectivity index (χ4n) is 1.99. The Morgan fingerprint density at radius 2 is 1.71 bits per heavy atom. The van der Waals surface area contributed by atoms with Crippen molar-refractivity contribution in [2.75, 3.05) is 32.5 Å². The van der Waals surface area contributed by atoms with Gasteiger partial charge in [-0.15, -0.1) is 24.0 Å². The lowest BCUT2D eigenvalue weighted by atomic mass is 10.0. The highest BCUT2D eigenvalue weighted by molar-refractivity contribution is 14.0. The van der Waals surface area contributed by atoms with Crippen molar-refractivity contribution in [2.45, 2.75) is 58.8 Å². The summed E-state index contributed by atoms with van der Waals surface area (Å²) < 4.78 is 29.1. The Bertz CT molecular complexity index is 460. The lowest BCUT2D eigenvalue weighted by Gasteiger charge is -2.22. The van der Waals surface area contributed by atoms with Gasteiger partial charge in [0.2, 0.25) is 0 Å². The fraction of sp³-hybridized carbons (Fsp3) is 0.938. The molecule has 0 aliphatic carbocycles. The van der Waals surface area contributed by atoms with Crippen molar-refractivity contribution in [1.29, 1.82) is 0 Å². The van der Waals surface area contributed by atoms with Crippen LogP contribution in [0.25, 0.3) is 0 Å². The highest BCUT2D eigenvalue weighted by atomic mass is 127. The Labute approximate surface area is 165 Å². The van der Waals surface area contributed by atoms with Crippen LogP contribution in [0.3, 0.4) is 0 Å². The van der Waals surface area contributed by atoms with Gasteiger partial charge in [0.1, 0.15) is 0 Å². The maximum Gasteiger partial charge on any atom is 0.191 e. The number of ether oxygens (including phenoxy) is 1. The van der Waals surface area contributed by atoms with Gasteiger partial charge in [0, 0.05) is 26.7 Å². The van der Waals surface area contributed by atoms with E-state index in [1.54, 1.807) is 27.8 Å². The average molecular weight is 477 g/mol. The third-order valence-corrected chi connectivity index (χ3v) is 6.27. The van der Waals surface area contributed by atoms with Crippen LogP contribution in [0.4, 0.5) is 0 Å². The van der Waals surface area contributed by atoms with Gasteiger partial charge in [-0.2, -0.15) is 0 Å². The van der Waals surface area contributed by atoms with Crippen LogP contribution < -0.4 is 10.6 Å². The highest BCUT2D eigenvalue weighted by Crippen LogP contribution is 2.15. The second-order valence-corrected chi connectivity index (χ2v) is 9.75. The van der Waals surface area contributed by atoms with E-state index in [4.69, 9.17) is 4.74 Å². The highest BCUT2D eigenvalue weighted by Gasteiger charge is 2.28. The van der Waals surface area contributed by atoms with E-state index in [1.807, 2.05) is 6.92 Å². The molecule has 0 radical (unpaired) electrons. The SMILES string of the molecule is CCOC(CCNC(=NC)NCCS(=O)(=O)C(C)(C)C)C(C)C.I. The summed E-state index contributed by atoms with van der Waals surface area (Å²) in [6.45, 7) is 13.2. The van der Waals surface area contributed by atoms with Crippen molar-refractivity contribution >= 4 is 39.8 Å². The van der Waals surface area contributed by atoms with Crippen LogP contribution in [-0.4, -0.2) is 57.7 Å². The fourth-order valence-corrected chi connectivity index (χ4v) is 2.97. The number of guanidine groups is 1. The molecule has 0 aliphatic heterocycles. The molecule has 0 aromatic rings. The maximum absolute atomic E-state index is 12.1. The molecule has 0 aromatic carbocycles. The minimum absolute atomic E-state index is 0. The molecule has 0 aromatic heterocycles. The lowest BCUT2D eigenvalue weighted by Crippen LogP contribution is -2.42. The molecule has 6 nitrogen and oxygen atoms in total. The van der Waals surface area contributed by atoms with Crippen molar-refractivity contribution in [3.8, 4) is 0 Å². The molecule has 0 heterocycles. The molecule has 146 valence electrons. The van der Waals surface area contributed by atoms with Gasteiger partial charge in [-0.25, -0.2) is 8.42 Å². The number of hydrogen-bond acceptors (Lipinski definition) is 4. The number of nitrogens with one attached hydrogen (secondary N) is 2. The van der Waals surface area contributed by atoms with E-state index in [0.717, 1.165) is 13.0 Å². The van der Waals surface area contributed by atoms with Crippen molar-refractivity contribution in [3.05, 3.63) is 0 Å². The summed E-state index contributed by atoms with van der Waals surface area (Å²) in [6, 6.07) is 0. The van der Waals surface area contributed by atoms with Crippen LogP contribution >= 0.6 is 24.0 Å². The monoisotopic (exact) mass is 477 g/mol. The Hall–Kier alpha value is -0.0900. The summed E-state index contributed by atoms with van der Waals surface area (Å²) in [5.74, 6) is 1.17. The van der Waals surface area contributed by atoms with Gasteiger partial charge in [-0.1, -0.05) is 13.8 Å². The largest absolute Gasteiger partial charge is 0.378 e. The Kier molecular flexibility index (Phi) is 13.4. The summed E-state index contributed by atoms with van der Waals surface area (Å²) in [5, 5.41) is 6.25. The van der Waals surface area contributed by atoms with Crippen LogP contribution in [0.2, 0.25) is 0 Å². The first-order chi connectivity index (χ1) is 10.5. The molecule has 0 bridgehead atoms. The van der Waals surface area contributed by atoms with E-state index in [2.05, 4.69) is 29.5 Å². The first-order valence-electron chi connectivity index (χ1n) is 8.33. The second-order valence-electron chi connectivity index (χ2n) is 6.88. The molecule has 0 amide bonds. The van der Waals surface area contributed by atoms with Crippen molar-refractivity contribution < 1.29 is 13.2 Å². The number of aliphatic imine (C=N–C) groups is 1. The number of rotatable bonds is 9. The summed E-state index contributed by atoms with van der Waals surface area (Å²) in [5.41, 5.74) is 0. The molecule has 8 heteroatoms. The third kappa shape index (κ3) is 10.0. The number of hydrogen-bond donors (Lipinski definition) is 2. The minimum atomic E-state index is -3.12. The lowest BCUT2D eigenvalue weighted by molar-refractivity contribution is 0.0258. The summed E-state index contributed by atoms with van der Waals surface area (Å²) >= 11 is 0. The molecule has 1 atom stereocenters. The molecule has 0 saturated heterocycles. The van der Waals surface area contributed by atoms with Crippen molar-refractivity contribution in [2.24, 2.45) is 10.9 Å². The van der Waals surface area contributed by atoms with E-state index < -0.39 is 14.6 Å². The Balaban J connectivity index is 0. The molecule has 0 aliphatic rings. The quantitative estimate of drug-likeness (QED) is 0.303. The van der Waals surface area contributed by atoms with E-state index in [1.165, 1.54) is 0 Å². The average Bonchev–Trinajstić information content (AvgIpc) is 2.42. The zero-order valence-electron chi connectivity index (χ0n) is 16.2. The summed E-state index contributed by atoms with van der Waals surface area (Å²) in [6.07, 6.45) is 1.10. The van der Waals surface area contributed by atoms with Crippen LogP contribution in [0, 0.1) is 5.92 Å². The van der Waals surface area contributed by atoms with Gasteiger partial charge < -0.3 is 15.4 Å². The number of sulfone groups is 1. The van der Waals surface area contributed by atoms with Crippen LogP contribution in [0.15, 0.2) is 4.99 Å². The van der Waals surface area contributed by atoms with E-state index in [9.17, 15) is 8.42 Å². The van der Waals surface area contributed by atoms with Crippen molar-refractivity contribution in [3.63, 3.8) is 0 Å². The first-order valence-corrected chi connectivity index (χ1v) is 9.98. The zero-order chi connectivity index (χ0) is 18.1. The van der Waals surface area contributed by atoms with Gasteiger partial charge in [-0.3, -0.25) is 4.99 Å². The minimum Gasteiger partial charge on any atom is -0.378 e. The molecular formula is C16H36IN3O3S. The molecule has 0 spiro atoms. The molecule has 24 heavy (non-hydrogen) atoms. The maximum atomic E-state index is 12.1. The van der Waals surface area contributed by atoms with E-state index in [0.29, 0.717) is 25.0 Å². The normalized spacial score (nSPS) is 14.2. The summed E-state index contributed by atoms with van der Waals surface area (Å²) in [4.78, 5) is 4.12. The van der Waals surface area contributed by atoms with Gasteiger partial charge in [0.05, 0.1) is 16.6 Å². The van der Waals surface area contributed by atoms with Crippen molar-refractivity contribution in [1.82, 2.24) is 10.6 Å². The zero-order valence-corrected chi connectivity index (χ0v) is 19.3. The first kappa shape index (κ1) is 26.1. The molecule has 2 N–H and O–H groups in total. The number of nitrogens with zero attached hydrogens (tertiary/aromatic N) is 1. The second kappa shape index (κ2) is 12.3. The Morgan fingerprint density at radius 1 is 1.17 bits per heavy atom. The smallest absolute Gasteiger partial charge is 0.191 e. The third-order valence-electron chi connectivity index (χ3n) is 3.67.